The summed E-state index contributed by atoms with van der Waals surface area (Å²) in [6, 6.07) is 0. The average Bonchev–Trinajstić information content (AvgIpc) is 2.79. The number of nitrogen functional groups attached to an aromatic ring is 1. The van der Waals surface area contributed by atoms with Gasteiger partial charge < -0.3 is 0 Å². The van der Waals surface area contributed by atoms with Crippen molar-refractivity contribution >= 4 is 17.2 Å². The van der Waals surface area contributed by atoms with Gasteiger partial charge in [0, 0.05) is 0 Å². The summed E-state index contributed by atoms with van der Waals surface area (Å²) in [4.78, 5) is 19.2. The lowest BCUT2D eigenvalue weighted by Crippen LogP contribution is -2.30. The molecule has 0 spiro atoms. The molecule has 1 heterocycles. The second-order valence-corrected chi connectivity index (χ2v) is 5.50. The molecule has 0 saturated carbocycles. The average molecular weight is 270 g/mol. The van der Waals surface area contributed by atoms with E-state index in [4.69, 9.17) is 5.84 Å². The second-order valence-electron chi connectivity index (χ2n) is 4.41. The van der Waals surface area contributed by atoms with Crippen LogP contribution in [0.25, 0.3) is 0 Å². The first-order valence-electron chi connectivity index (χ1n) is 6.26. The Labute approximate surface area is 112 Å². The number of nitrogens with two attached hydrogens (primary N) is 1. The largest absolute Gasteiger partial charge is 0.297 e. The maximum absolute atomic E-state index is 11.7. The standard InChI is InChI=1S/C12H22N4OS/c1-5-16(6-2)7-9-14-10(8(3)4)11(18-9)12(17)15-13/h8H,5-7,13H2,1-4H3,(H,15,17). The van der Waals surface area contributed by atoms with Crippen LogP contribution in [0.15, 0.2) is 0 Å². The monoisotopic (exact) mass is 270 g/mol. The van der Waals surface area contributed by atoms with Gasteiger partial charge in [0.2, 0.25) is 0 Å². The molecular formula is C12H22N4OS. The quantitative estimate of drug-likeness (QED) is 0.469. The van der Waals surface area contributed by atoms with Gasteiger partial charge in [-0.05, 0) is 19.0 Å². The van der Waals surface area contributed by atoms with E-state index in [2.05, 4.69) is 29.2 Å². The molecule has 5 nitrogen and oxygen atoms in total. The highest BCUT2D eigenvalue weighted by Gasteiger charge is 2.20. The summed E-state index contributed by atoms with van der Waals surface area (Å²) >= 11 is 1.43. The molecule has 0 saturated heterocycles. The van der Waals surface area contributed by atoms with Crippen molar-refractivity contribution in [3.05, 3.63) is 15.6 Å². The van der Waals surface area contributed by atoms with Crippen LogP contribution in [0, 0.1) is 0 Å². The number of hydrogen-bond acceptors (Lipinski definition) is 5. The van der Waals surface area contributed by atoms with Crippen molar-refractivity contribution in [1.82, 2.24) is 15.3 Å². The number of nitrogens with one attached hydrogen (secondary N) is 1. The van der Waals surface area contributed by atoms with Crippen LogP contribution in [0.2, 0.25) is 0 Å². The van der Waals surface area contributed by atoms with E-state index in [-0.39, 0.29) is 11.8 Å². The molecule has 0 radical (unpaired) electrons. The fraction of sp³-hybridized carbons (Fsp3) is 0.667. The van der Waals surface area contributed by atoms with Gasteiger partial charge in [-0.2, -0.15) is 0 Å². The lowest BCUT2D eigenvalue weighted by atomic mass is 10.1. The predicted molar refractivity (Wildman–Crippen MR) is 74.5 cm³/mol. The predicted octanol–water partition coefficient (Wildman–Crippen LogP) is 1.71. The smallest absolute Gasteiger partial charge is 0.277 e. The van der Waals surface area contributed by atoms with Gasteiger partial charge in [-0.3, -0.25) is 15.1 Å². The van der Waals surface area contributed by atoms with Crippen LogP contribution in [0.4, 0.5) is 0 Å². The highest BCUT2D eigenvalue weighted by atomic mass is 32.1. The maximum Gasteiger partial charge on any atom is 0.277 e. The Morgan fingerprint density at radius 3 is 2.50 bits per heavy atom. The minimum absolute atomic E-state index is 0.221. The number of carbonyl (C=O) groups excluding carboxylic acids is 1. The van der Waals surface area contributed by atoms with Crippen LogP contribution >= 0.6 is 11.3 Å². The summed E-state index contributed by atoms with van der Waals surface area (Å²) in [6.45, 7) is 11.0. The van der Waals surface area contributed by atoms with Crippen molar-refractivity contribution in [1.29, 1.82) is 0 Å². The summed E-state index contributed by atoms with van der Waals surface area (Å²) in [5.74, 6) is 5.18. The SMILES string of the molecule is CCN(CC)Cc1nc(C(C)C)c(C(=O)NN)s1. The number of amides is 1. The van der Waals surface area contributed by atoms with Gasteiger partial charge in [0.1, 0.15) is 9.88 Å². The number of hydrogen-bond donors (Lipinski definition) is 2. The van der Waals surface area contributed by atoms with Crippen molar-refractivity contribution in [2.45, 2.75) is 40.2 Å². The van der Waals surface area contributed by atoms with Crippen LogP contribution in [-0.4, -0.2) is 28.9 Å². The van der Waals surface area contributed by atoms with E-state index >= 15 is 0 Å². The molecule has 102 valence electrons. The molecule has 1 aromatic rings. The zero-order valence-electron chi connectivity index (χ0n) is 11.5. The van der Waals surface area contributed by atoms with Crippen LogP contribution in [0.3, 0.4) is 0 Å². The molecule has 0 bridgehead atoms. The van der Waals surface area contributed by atoms with Gasteiger partial charge in [-0.15, -0.1) is 11.3 Å². The number of rotatable bonds is 6. The van der Waals surface area contributed by atoms with Gasteiger partial charge >= 0.3 is 0 Å². The van der Waals surface area contributed by atoms with E-state index in [1.165, 1.54) is 11.3 Å². The topological polar surface area (TPSA) is 71.2 Å². The lowest BCUT2D eigenvalue weighted by Gasteiger charge is -2.15. The second kappa shape index (κ2) is 6.82. The van der Waals surface area contributed by atoms with E-state index in [9.17, 15) is 4.79 Å². The molecule has 0 unspecified atom stereocenters. The summed E-state index contributed by atoms with van der Waals surface area (Å²) in [5, 5.41) is 0.973. The molecule has 0 aromatic carbocycles. The van der Waals surface area contributed by atoms with E-state index in [1.54, 1.807) is 0 Å². The van der Waals surface area contributed by atoms with Crippen LogP contribution in [0.1, 0.15) is 54.0 Å². The number of carbonyl (C=O) groups is 1. The van der Waals surface area contributed by atoms with Crippen molar-refractivity contribution in [2.24, 2.45) is 5.84 Å². The first kappa shape index (κ1) is 15.1. The highest BCUT2D eigenvalue weighted by Crippen LogP contribution is 2.25. The lowest BCUT2D eigenvalue weighted by molar-refractivity contribution is 0.0956. The molecule has 0 atom stereocenters. The molecule has 3 N–H and O–H groups in total. The van der Waals surface area contributed by atoms with Crippen LogP contribution < -0.4 is 11.3 Å². The fourth-order valence-electron chi connectivity index (χ4n) is 1.70. The van der Waals surface area contributed by atoms with Gasteiger partial charge in [0.05, 0.1) is 12.2 Å². The highest BCUT2D eigenvalue weighted by molar-refractivity contribution is 7.13. The first-order chi connectivity index (χ1) is 8.53. The Bertz CT molecular complexity index is 399. The molecule has 1 rings (SSSR count). The molecule has 6 heteroatoms. The normalized spacial score (nSPS) is 11.3. The summed E-state index contributed by atoms with van der Waals surface area (Å²) in [6.07, 6.45) is 0. The third-order valence-corrected chi connectivity index (χ3v) is 3.89. The molecule has 18 heavy (non-hydrogen) atoms. The third kappa shape index (κ3) is 3.51. The van der Waals surface area contributed by atoms with Gasteiger partial charge in [0.25, 0.3) is 5.91 Å². The van der Waals surface area contributed by atoms with E-state index in [0.29, 0.717) is 4.88 Å². The molecule has 0 aliphatic carbocycles. The van der Waals surface area contributed by atoms with E-state index in [0.717, 1.165) is 30.3 Å². The van der Waals surface area contributed by atoms with Crippen molar-refractivity contribution in [3.8, 4) is 0 Å². The third-order valence-electron chi connectivity index (χ3n) is 2.84. The molecule has 0 aliphatic rings. The van der Waals surface area contributed by atoms with Gasteiger partial charge in [-0.25, -0.2) is 10.8 Å². The summed E-state index contributed by atoms with van der Waals surface area (Å²) < 4.78 is 0. The minimum Gasteiger partial charge on any atom is -0.297 e. The zero-order chi connectivity index (χ0) is 13.7. The van der Waals surface area contributed by atoms with Crippen molar-refractivity contribution < 1.29 is 4.79 Å². The summed E-state index contributed by atoms with van der Waals surface area (Å²) in [7, 11) is 0. The number of hydrazine groups is 1. The molecule has 0 fully saturated rings. The van der Waals surface area contributed by atoms with Gasteiger partial charge in [-0.1, -0.05) is 27.7 Å². The molecule has 1 amide bonds. The van der Waals surface area contributed by atoms with Crippen LogP contribution in [-0.2, 0) is 6.54 Å². The number of aromatic nitrogens is 1. The first-order valence-corrected chi connectivity index (χ1v) is 7.07. The van der Waals surface area contributed by atoms with Crippen molar-refractivity contribution in [2.75, 3.05) is 13.1 Å². The Balaban J connectivity index is 2.98. The van der Waals surface area contributed by atoms with E-state index < -0.39 is 0 Å². The van der Waals surface area contributed by atoms with Gasteiger partial charge in [0.15, 0.2) is 0 Å². The minimum atomic E-state index is -0.248. The number of nitrogens with zero attached hydrogens (tertiary/aromatic N) is 2. The molecule has 1 aromatic heterocycles. The fourth-order valence-corrected chi connectivity index (χ4v) is 2.87. The van der Waals surface area contributed by atoms with Crippen molar-refractivity contribution in [3.63, 3.8) is 0 Å². The molecular weight excluding hydrogens is 248 g/mol. The Morgan fingerprint density at radius 2 is 2.06 bits per heavy atom. The van der Waals surface area contributed by atoms with Crippen LogP contribution in [0.5, 0.6) is 0 Å². The van der Waals surface area contributed by atoms with E-state index in [1.807, 2.05) is 13.8 Å². The summed E-state index contributed by atoms with van der Waals surface area (Å²) in [5.41, 5.74) is 3.03. The Hall–Kier alpha value is -0.980. The number of thiazole rings is 1. The maximum atomic E-state index is 11.7. The Morgan fingerprint density at radius 1 is 1.44 bits per heavy atom. The molecule has 0 aliphatic heterocycles. The zero-order valence-corrected chi connectivity index (χ0v) is 12.3. The Kier molecular flexibility index (Phi) is 5.71.